The molecule has 106 valence electrons. The van der Waals surface area contributed by atoms with Gasteiger partial charge in [-0.3, -0.25) is 0 Å². The third-order valence-corrected chi connectivity index (χ3v) is 3.00. The molecule has 0 aliphatic carbocycles. The van der Waals surface area contributed by atoms with E-state index in [0.29, 0.717) is 0 Å². The monoisotopic (exact) mass is 280 g/mol. The van der Waals surface area contributed by atoms with Crippen LogP contribution in [0.3, 0.4) is 0 Å². The molecule has 0 aliphatic heterocycles. The van der Waals surface area contributed by atoms with Crippen LogP contribution >= 0.6 is 0 Å². The Morgan fingerprint density at radius 2 is 1.38 bits per heavy atom. The molecule has 0 aliphatic rings. The Labute approximate surface area is 123 Å². The van der Waals surface area contributed by atoms with E-state index in [9.17, 15) is 4.79 Å². The van der Waals surface area contributed by atoms with E-state index in [4.69, 9.17) is 9.84 Å². The molecule has 21 heavy (non-hydrogen) atoms. The molecule has 0 fully saturated rings. The zero-order valence-electron chi connectivity index (χ0n) is 11.7. The third-order valence-electron chi connectivity index (χ3n) is 3.00. The van der Waals surface area contributed by atoms with Gasteiger partial charge in [0.05, 0.1) is 7.11 Å². The lowest BCUT2D eigenvalue weighted by Gasteiger charge is -2.08. The Hall–Kier alpha value is -2.81. The number of carboxylic acids is 1. The lowest BCUT2D eigenvalue weighted by Crippen LogP contribution is -2.01. The molecule has 2 aromatic rings. The van der Waals surface area contributed by atoms with E-state index in [1.165, 1.54) is 13.2 Å². The lowest BCUT2D eigenvalue weighted by atomic mass is 9.97. The number of ether oxygens (including phenoxy) is 1. The number of hydrogen-bond donors (Lipinski definition) is 1. The number of carboxylic acid groups (broad SMARTS) is 1. The summed E-state index contributed by atoms with van der Waals surface area (Å²) < 4.78 is 4.85. The van der Waals surface area contributed by atoms with Gasteiger partial charge in [0.15, 0.2) is 0 Å². The van der Waals surface area contributed by atoms with E-state index < -0.39 is 5.97 Å². The molecule has 2 aromatic carbocycles. The van der Waals surface area contributed by atoms with Gasteiger partial charge < -0.3 is 9.84 Å². The van der Waals surface area contributed by atoms with Crippen molar-refractivity contribution in [3.05, 3.63) is 89.7 Å². The van der Waals surface area contributed by atoms with Crippen LogP contribution in [0, 0.1) is 0 Å². The number of carbonyl (C=O) groups is 1. The van der Waals surface area contributed by atoms with E-state index >= 15 is 0 Å². The fourth-order valence-electron chi connectivity index (χ4n) is 1.98. The average Bonchev–Trinajstić information content (AvgIpc) is 2.53. The zero-order valence-corrected chi connectivity index (χ0v) is 11.7. The summed E-state index contributed by atoms with van der Waals surface area (Å²) in [5, 5.41) is 9.00. The largest absolute Gasteiger partial charge is 0.490 e. The summed E-state index contributed by atoms with van der Waals surface area (Å²) in [6.45, 7) is 0. The number of rotatable bonds is 5. The van der Waals surface area contributed by atoms with Crippen LogP contribution in [-0.2, 0) is 9.53 Å². The average molecular weight is 280 g/mol. The molecule has 2 rings (SSSR count). The summed E-state index contributed by atoms with van der Waals surface area (Å²) in [6, 6.07) is 19.6. The van der Waals surface area contributed by atoms with Gasteiger partial charge >= 0.3 is 5.97 Å². The van der Waals surface area contributed by atoms with Crippen molar-refractivity contribution < 1.29 is 14.6 Å². The summed E-state index contributed by atoms with van der Waals surface area (Å²) in [6.07, 6.45) is 3.23. The van der Waals surface area contributed by atoms with Gasteiger partial charge in [-0.1, -0.05) is 60.7 Å². The van der Waals surface area contributed by atoms with Gasteiger partial charge in [0.1, 0.15) is 0 Å². The van der Waals surface area contributed by atoms with E-state index in [2.05, 4.69) is 0 Å². The summed E-state index contributed by atoms with van der Waals surface area (Å²) in [4.78, 5) is 11.0. The molecule has 0 heterocycles. The van der Waals surface area contributed by atoms with Crippen molar-refractivity contribution in [2.24, 2.45) is 0 Å². The van der Waals surface area contributed by atoms with Gasteiger partial charge in [-0.05, 0) is 28.9 Å². The van der Waals surface area contributed by atoms with Crippen molar-refractivity contribution in [1.82, 2.24) is 0 Å². The Morgan fingerprint density at radius 1 is 0.905 bits per heavy atom. The highest BCUT2D eigenvalue weighted by molar-refractivity contribution is 5.86. The highest BCUT2D eigenvalue weighted by Crippen LogP contribution is 2.23. The minimum atomic E-state index is -1.09. The van der Waals surface area contributed by atoms with Crippen molar-refractivity contribution in [2.75, 3.05) is 7.11 Å². The maximum Gasteiger partial charge on any atom is 0.371 e. The molecule has 3 heteroatoms. The molecule has 0 saturated heterocycles. The van der Waals surface area contributed by atoms with E-state index in [0.717, 1.165) is 16.7 Å². The number of methoxy groups -OCH3 is 1. The fraction of sp³-hybridized carbons (Fsp3) is 0.0556. The maximum absolute atomic E-state index is 11.0. The van der Waals surface area contributed by atoms with Crippen LogP contribution in [0.25, 0.3) is 5.57 Å². The van der Waals surface area contributed by atoms with Crippen LogP contribution in [0.15, 0.2) is 78.6 Å². The van der Waals surface area contributed by atoms with E-state index in [1.807, 2.05) is 60.7 Å². The highest BCUT2D eigenvalue weighted by Gasteiger charge is 2.07. The standard InChI is InChI=1S/C18H16O3/c1-21-17(18(19)20)13-12-16(14-8-4-2-5-9-14)15-10-6-3-7-11-15/h2-13H,1H3,(H,19,20)/b17-13+. The molecular formula is C18H16O3. The number of hydrogen-bond acceptors (Lipinski definition) is 2. The summed E-state index contributed by atoms with van der Waals surface area (Å²) in [5.74, 6) is -1.19. The topological polar surface area (TPSA) is 46.5 Å². The Morgan fingerprint density at radius 3 is 1.76 bits per heavy atom. The van der Waals surface area contributed by atoms with E-state index in [1.54, 1.807) is 6.08 Å². The predicted octanol–water partition coefficient (Wildman–Crippen LogP) is 3.73. The smallest absolute Gasteiger partial charge is 0.371 e. The van der Waals surface area contributed by atoms with Crippen LogP contribution in [0.2, 0.25) is 0 Å². The summed E-state index contributed by atoms with van der Waals surface area (Å²) in [7, 11) is 1.35. The van der Waals surface area contributed by atoms with Crippen molar-refractivity contribution in [3.8, 4) is 0 Å². The van der Waals surface area contributed by atoms with Gasteiger partial charge in [-0.2, -0.15) is 0 Å². The molecule has 0 aromatic heterocycles. The van der Waals surface area contributed by atoms with Crippen molar-refractivity contribution >= 4 is 11.5 Å². The first-order valence-electron chi connectivity index (χ1n) is 6.52. The lowest BCUT2D eigenvalue weighted by molar-refractivity contribution is -0.136. The highest BCUT2D eigenvalue weighted by atomic mass is 16.5. The summed E-state index contributed by atoms with van der Waals surface area (Å²) in [5.41, 5.74) is 2.97. The van der Waals surface area contributed by atoms with Gasteiger partial charge in [-0.25, -0.2) is 4.79 Å². The second-order valence-corrected chi connectivity index (χ2v) is 4.35. The Balaban J connectivity index is 2.50. The molecule has 0 spiro atoms. The summed E-state index contributed by atoms with van der Waals surface area (Å²) >= 11 is 0. The Kier molecular flexibility index (Phi) is 4.94. The van der Waals surface area contributed by atoms with Gasteiger partial charge in [-0.15, -0.1) is 0 Å². The quantitative estimate of drug-likeness (QED) is 0.515. The number of aliphatic carboxylic acids is 1. The van der Waals surface area contributed by atoms with Gasteiger partial charge in [0.25, 0.3) is 0 Å². The zero-order chi connectivity index (χ0) is 15.1. The maximum atomic E-state index is 11.0. The molecule has 0 amide bonds. The van der Waals surface area contributed by atoms with Crippen LogP contribution in [0.1, 0.15) is 11.1 Å². The van der Waals surface area contributed by atoms with Crippen LogP contribution in [0.5, 0.6) is 0 Å². The van der Waals surface area contributed by atoms with Crippen LogP contribution in [-0.4, -0.2) is 18.2 Å². The van der Waals surface area contributed by atoms with Gasteiger partial charge in [0, 0.05) is 0 Å². The van der Waals surface area contributed by atoms with Crippen molar-refractivity contribution in [1.29, 1.82) is 0 Å². The van der Waals surface area contributed by atoms with Crippen molar-refractivity contribution in [3.63, 3.8) is 0 Å². The molecule has 0 bridgehead atoms. The first-order valence-corrected chi connectivity index (χ1v) is 6.52. The third kappa shape index (κ3) is 3.83. The normalized spacial score (nSPS) is 10.8. The fourth-order valence-corrected chi connectivity index (χ4v) is 1.98. The number of allylic oxidation sites excluding steroid dienone is 2. The molecule has 0 saturated carbocycles. The first-order chi connectivity index (χ1) is 10.2. The second kappa shape index (κ2) is 7.10. The molecule has 0 unspecified atom stereocenters. The van der Waals surface area contributed by atoms with Crippen LogP contribution < -0.4 is 0 Å². The molecular weight excluding hydrogens is 264 g/mol. The number of benzene rings is 2. The Bertz CT molecular complexity index is 614. The van der Waals surface area contributed by atoms with Crippen molar-refractivity contribution in [2.45, 2.75) is 0 Å². The SMILES string of the molecule is CO/C(=C/C=C(c1ccccc1)c1ccccc1)C(=O)O. The van der Waals surface area contributed by atoms with E-state index in [-0.39, 0.29) is 5.76 Å². The molecule has 0 radical (unpaired) electrons. The van der Waals surface area contributed by atoms with Crippen LogP contribution in [0.4, 0.5) is 0 Å². The predicted molar refractivity (Wildman–Crippen MR) is 82.7 cm³/mol. The first kappa shape index (κ1) is 14.6. The molecule has 0 atom stereocenters. The minimum absolute atomic E-state index is 0.0978. The minimum Gasteiger partial charge on any atom is -0.490 e. The van der Waals surface area contributed by atoms with Gasteiger partial charge in [0.2, 0.25) is 5.76 Å². The molecule has 1 N–H and O–H groups in total. The molecule has 3 nitrogen and oxygen atoms in total. The second-order valence-electron chi connectivity index (χ2n) is 4.35.